The van der Waals surface area contributed by atoms with E-state index < -0.39 is 12.0 Å². The van der Waals surface area contributed by atoms with Crippen molar-refractivity contribution < 1.29 is 19.4 Å². The Bertz CT molecular complexity index is 1670. The number of aryl methyl sites for hydroxylation is 1. The summed E-state index contributed by atoms with van der Waals surface area (Å²) in [6.07, 6.45) is 5.58. The van der Waals surface area contributed by atoms with Gasteiger partial charge in [0.25, 0.3) is 0 Å². The average Bonchev–Trinajstić information content (AvgIpc) is 3.01. The molecule has 43 heavy (non-hydrogen) atoms. The quantitative estimate of drug-likeness (QED) is 0.203. The number of halogens is 1. The number of nitriles is 1. The average molecular weight is 596 g/mol. The van der Waals surface area contributed by atoms with E-state index in [1.807, 2.05) is 29.2 Å². The SMILES string of the molecule is Cc1ccccc1-c1cccc(COc2cc(OCc3cncc(C#N)c3)c(CN3CCCC[C@H]3C(=O)O)cc2Cl)c1C. The van der Waals surface area contributed by atoms with Crippen LogP contribution in [0, 0.1) is 25.2 Å². The fourth-order valence-electron chi connectivity index (χ4n) is 5.57. The number of carboxylic acid groups (broad SMARTS) is 1. The summed E-state index contributed by atoms with van der Waals surface area (Å²) in [5.74, 6) is 0.191. The standard InChI is InChI=1S/C35H34ClN3O4/c1-23-8-3-4-10-29(23)30-11-7-9-27(24(30)2)22-43-34-16-33(42-21-26-14-25(17-37)18-38-19-26)28(15-31(34)36)20-39-13-6-5-12-32(39)35(40)41/h3-4,7-11,14-16,18-19,32H,5-6,12-13,20-22H2,1-2H3,(H,40,41)/t32-/m0/s1. The zero-order valence-corrected chi connectivity index (χ0v) is 25.1. The minimum Gasteiger partial charge on any atom is -0.488 e. The second-order valence-corrected chi connectivity index (χ2v) is 11.3. The molecule has 3 aromatic carbocycles. The summed E-state index contributed by atoms with van der Waals surface area (Å²) in [7, 11) is 0. The summed E-state index contributed by atoms with van der Waals surface area (Å²) >= 11 is 6.77. The van der Waals surface area contributed by atoms with Gasteiger partial charge in [-0.15, -0.1) is 0 Å². The van der Waals surface area contributed by atoms with Crippen molar-refractivity contribution in [3.05, 3.63) is 111 Å². The molecule has 4 aromatic rings. The number of ether oxygens (including phenoxy) is 2. The Hall–Kier alpha value is -4.38. The zero-order valence-electron chi connectivity index (χ0n) is 24.3. The number of nitrogens with zero attached hydrogens (tertiary/aromatic N) is 3. The molecule has 2 heterocycles. The van der Waals surface area contributed by atoms with E-state index in [1.165, 1.54) is 17.3 Å². The Balaban J connectivity index is 1.42. The number of aromatic nitrogens is 1. The highest BCUT2D eigenvalue weighted by molar-refractivity contribution is 6.32. The third-order valence-electron chi connectivity index (χ3n) is 7.97. The van der Waals surface area contributed by atoms with Crippen molar-refractivity contribution in [3.8, 4) is 28.7 Å². The van der Waals surface area contributed by atoms with Crippen molar-refractivity contribution in [2.45, 2.75) is 58.9 Å². The van der Waals surface area contributed by atoms with Gasteiger partial charge in [0, 0.05) is 36.1 Å². The Morgan fingerprint density at radius 2 is 1.79 bits per heavy atom. The van der Waals surface area contributed by atoms with Crippen LogP contribution in [-0.2, 0) is 24.6 Å². The number of likely N-dealkylation sites (tertiary alicyclic amines) is 1. The maximum atomic E-state index is 12.0. The van der Waals surface area contributed by atoms with Gasteiger partial charge in [-0.1, -0.05) is 60.5 Å². The van der Waals surface area contributed by atoms with Gasteiger partial charge in [-0.2, -0.15) is 5.26 Å². The summed E-state index contributed by atoms with van der Waals surface area (Å²) in [4.78, 5) is 18.1. The molecular weight excluding hydrogens is 562 g/mol. The second-order valence-electron chi connectivity index (χ2n) is 10.9. The van der Waals surface area contributed by atoms with Gasteiger partial charge >= 0.3 is 5.97 Å². The molecule has 1 aliphatic heterocycles. The highest BCUT2D eigenvalue weighted by atomic mass is 35.5. The van der Waals surface area contributed by atoms with E-state index in [-0.39, 0.29) is 6.61 Å². The first-order valence-electron chi connectivity index (χ1n) is 14.4. The number of pyridine rings is 1. The van der Waals surface area contributed by atoms with Gasteiger partial charge in [0.2, 0.25) is 0 Å². The van der Waals surface area contributed by atoms with Crippen molar-refractivity contribution in [1.82, 2.24) is 9.88 Å². The lowest BCUT2D eigenvalue weighted by atomic mass is 9.94. The smallest absolute Gasteiger partial charge is 0.320 e. The van der Waals surface area contributed by atoms with Gasteiger partial charge in [0.15, 0.2) is 0 Å². The van der Waals surface area contributed by atoms with Crippen LogP contribution in [0.15, 0.2) is 73.1 Å². The molecule has 1 N–H and O–H groups in total. The van der Waals surface area contributed by atoms with Crippen LogP contribution in [0.4, 0.5) is 0 Å². The van der Waals surface area contributed by atoms with Crippen LogP contribution in [0.5, 0.6) is 11.5 Å². The fraction of sp³-hybridized carbons (Fsp3) is 0.286. The molecule has 1 atom stereocenters. The number of benzene rings is 3. The largest absolute Gasteiger partial charge is 0.488 e. The lowest BCUT2D eigenvalue weighted by molar-refractivity contribution is -0.144. The van der Waals surface area contributed by atoms with Crippen molar-refractivity contribution >= 4 is 17.6 Å². The molecule has 1 fully saturated rings. The van der Waals surface area contributed by atoms with Gasteiger partial charge in [0.05, 0.1) is 10.6 Å². The summed E-state index contributed by atoms with van der Waals surface area (Å²) in [5, 5.41) is 19.5. The highest BCUT2D eigenvalue weighted by Crippen LogP contribution is 2.36. The first-order chi connectivity index (χ1) is 20.8. The lowest BCUT2D eigenvalue weighted by Gasteiger charge is -2.33. The Morgan fingerprint density at radius 1 is 1.00 bits per heavy atom. The summed E-state index contributed by atoms with van der Waals surface area (Å²) < 4.78 is 12.5. The lowest BCUT2D eigenvalue weighted by Crippen LogP contribution is -2.44. The number of piperidine rings is 1. The normalized spacial score (nSPS) is 15.1. The summed E-state index contributed by atoms with van der Waals surface area (Å²) in [6.45, 7) is 5.75. The molecule has 0 spiro atoms. The fourth-order valence-corrected chi connectivity index (χ4v) is 5.81. The van der Waals surface area contributed by atoms with Crippen molar-refractivity contribution in [2.75, 3.05) is 6.54 Å². The van der Waals surface area contributed by atoms with E-state index in [0.717, 1.165) is 40.7 Å². The van der Waals surface area contributed by atoms with Crippen LogP contribution in [0.1, 0.15) is 52.6 Å². The Morgan fingerprint density at radius 3 is 2.58 bits per heavy atom. The number of rotatable bonds is 10. The summed E-state index contributed by atoms with van der Waals surface area (Å²) in [6, 6.07) is 21.4. The molecular formula is C35H34ClN3O4. The minimum absolute atomic E-state index is 0.177. The van der Waals surface area contributed by atoms with E-state index in [1.54, 1.807) is 24.4 Å². The van der Waals surface area contributed by atoms with E-state index in [0.29, 0.717) is 48.2 Å². The van der Waals surface area contributed by atoms with Crippen LogP contribution >= 0.6 is 11.6 Å². The first kappa shape index (κ1) is 30.1. The Kier molecular flexibility index (Phi) is 9.61. The minimum atomic E-state index is -0.823. The third kappa shape index (κ3) is 7.16. The maximum Gasteiger partial charge on any atom is 0.320 e. The topological polar surface area (TPSA) is 95.7 Å². The molecule has 1 saturated heterocycles. The third-order valence-corrected chi connectivity index (χ3v) is 8.27. The van der Waals surface area contributed by atoms with E-state index in [9.17, 15) is 15.2 Å². The zero-order chi connectivity index (χ0) is 30.3. The van der Waals surface area contributed by atoms with Crippen molar-refractivity contribution in [1.29, 1.82) is 5.26 Å². The molecule has 5 rings (SSSR count). The molecule has 1 aliphatic rings. The molecule has 0 bridgehead atoms. The van der Waals surface area contributed by atoms with Gasteiger partial charge in [0.1, 0.15) is 36.8 Å². The number of hydrogen-bond acceptors (Lipinski definition) is 6. The van der Waals surface area contributed by atoms with Gasteiger partial charge in [-0.3, -0.25) is 14.7 Å². The molecule has 0 radical (unpaired) electrons. The van der Waals surface area contributed by atoms with Crippen LogP contribution in [0.25, 0.3) is 11.1 Å². The molecule has 0 saturated carbocycles. The number of aliphatic carboxylic acids is 1. The van der Waals surface area contributed by atoms with Crippen LogP contribution in [0.2, 0.25) is 5.02 Å². The van der Waals surface area contributed by atoms with Gasteiger partial charge < -0.3 is 14.6 Å². The van der Waals surface area contributed by atoms with Crippen molar-refractivity contribution in [3.63, 3.8) is 0 Å². The first-order valence-corrected chi connectivity index (χ1v) is 14.7. The Labute approximate surface area is 257 Å². The molecule has 7 nitrogen and oxygen atoms in total. The van der Waals surface area contributed by atoms with E-state index in [2.05, 4.69) is 43.1 Å². The van der Waals surface area contributed by atoms with Crippen LogP contribution in [0.3, 0.4) is 0 Å². The molecule has 1 aromatic heterocycles. The monoisotopic (exact) mass is 595 g/mol. The predicted octanol–water partition coefficient (Wildman–Crippen LogP) is 7.49. The van der Waals surface area contributed by atoms with E-state index >= 15 is 0 Å². The number of hydrogen-bond donors (Lipinski definition) is 1. The van der Waals surface area contributed by atoms with Crippen LogP contribution in [-0.4, -0.2) is 33.5 Å². The molecule has 0 aliphatic carbocycles. The number of carboxylic acids is 1. The second kappa shape index (κ2) is 13.7. The molecule has 220 valence electrons. The maximum absolute atomic E-state index is 12.0. The van der Waals surface area contributed by atoms with Crippen molar-refractivity contribution in [2.24, 2.45) is 0 Å². The molecule has 0 amide bonds. The van der Waals surface area contributed by atoms with Gasteiger partial charge in [-0.25, -0.2) is 0 Å². The molecule has 8 heteroatoms. The molecule has 0 unspecified atom stereocenters. The highest BCUT2D eigenvalue weighted by Gasteiger charge is 2.29. The van der Waals surface area contributed by atoms with Gasteiger partial charge in [-0.05, 0) is 73.2 Å². The van der Waals surface area contributed by atoms with E-state index in [4.69, 9.17) is 21.1 Å². The number of carbonyl (C=O) groups is 1. The van der Waals surface area contributed by atoms with Crippen LogP contribution < -0.4 is 9.47 Å². The summed E-state index contributed by atoms with van der Waals surface area (Å²) in [5.41, 5.74) is 7.69. The predicted molar refractivity (Wildman–Crippen MR) is 166 cm³/mol.